The summed E-state index contributed by atoms with van der Waals surface area (Å²) in [5, 5.41) is 17.5. The van der Waals surface area contributed by atoms with E-state index in [1.807, 2.05) is 6.07 Å². The van der Waals surface area contributed by atoms with Crippen LogP contribution in [0.4, 0.5) is 0 Å². The second-order valence-corrected chi connectivity index (χ2v) is 6.66. The summed E-state index contributed by atoms with van der Waals surface area (Å²) in [6, 6.07) is 8.00. The molecule has 1 N–H and O–H groups in total. The molecule has 0 aromatic heterocycles. The number of carbonyl (C=O) groups is 1. The first-order valence-corrected chi connectivity index (χ1v) is 7.73. The van der Waals surface area contributed by atoms with Gasteiger partial charge in [-0.3, -0.25) is 4.79 Å². The lowest BCUT2D eigenvalue weighted by atomic mass is 10.2. The SMILES string of the molecule is N#Cc1ccc(CS(=O)(=O)N(CC(=O)O)C2CC2)cc1. The molecule has 0 atom stereocenters. The highest BCUT2D eigenvalue weighted by Gasteiger charge is 2.38. The number of aliphatic carboxylic acids is 1. The van der Waals surface area contributed by atoms with Crippen LogP contribution in [0.5, 0.6) is 0 Å². The lowest BCUT2D eigenvalue weighted by molar-refractivity contribution is -0.137. The van der Waals surface area contributed by atoms with E-state index in [1.54, 1.807) is 24.3 Å². The molecule has 0 unspecified atom stereocenters. The molecule has 0 aliphatic heterocycles. The Kier molecular flexibility index (Phi) is 4.06. The number of hydrogen-bond acceptors (Lipinski definition) is 4. The van der Waals surface area contributed by atoms with Crippen molar-refractivity contribution in [3.63, 3.8) is 0 Å². The van der Waals surface area contributed by atoms with Gasteiger partial charge in [-0.1, -0.05) is 12.1 Å². The summed E-state index contributed by atoms with van der Waals surface area (Å²) in [6.07, 6.45) is 1.42. The van der Waals surface area contributed by atoms with Gasteiger partial charge in [0.1, 0.15) is 6.54 Å². The van der Waals surface area contributed by atoms with E-state index < -0.39 is 22.5 Å². The number of benzene rings is 1. The number of nitriles is 1. The lowest BCUT2D eigenvalue weighted by Crippen LogP contribution is -2.38. The molecule has 1 saturated carbocycles. The molecule has 20 heavy (non-hydrogen) atoms. The van der Waals surface area contributed by atoms with Crippen molar-refractivity contribution < 1.29 is 18.3 Å². The quantitative estimate of drug-likeness (QED) is 0.841. The van der Waals surface area contributed by atoms with E-state index in [0.717, 1.165) is 4.31 Å². The summed E-state index contributed by atoms with van der Waals surface area (Å²) in [7, 11) is -3.66. The molecule has 1 aromatic rings. The fourth-order valence-corrected chi connectivity index (χ4v) is 3.67. The predicted octanol–water partition coefficient (Wildman–Crippen LogP) is 0.937. The summed E-state index contributed by atoms with van der Waals surface area (Å²) in [5.41, 5.74) is 0.996. The van der Waals surface area contributed by atoms with E-state index >= 15 is 0 Å². The Balaban J connectivity index is 2.15. The Bertz CT molecular complexity index is 642. The summed E-state index contributed by atoms with van der Waals surface area (Å²) >= 11 is 0. The topological polar surface area (TPSA) is 98.5 Å². The predicted molar refractivity (Wildman–Crippen MR) is 71.1 cm³/mol. The molecule has 1 fully saturated rings. The number of rotatable bonds is 6. The fourth-order valence-electron chi connectivity index (χ4n) is 1.92. The number of hydrogen-bond donors (Lipinski definition) is 1. The van der Waals surface area contributed by atoms with Gasteiger partial charge in [0.05, 0.1) is 17.4 Å². The highest BCUT2D eigenvalue weighted by Crippen LogP contribution is 2.30. The minimum absolute atomic E-state index is 0.186. The average molecular weight is 294 g/mol. The Morgan fingerprint density at radius 2 is 1.95 bits per heavy atom. The average Bonchev–Trinajstić information content (AvgIpc) is 3.20. The zero-order valence-electron chi connectivity index (χ0n) is 10.7. The van der Waals surface area contributed by atoms with Gasteiger partial charge >= 0.3 is 5.97 Å². The van der Waals surface area contributed by atoms with E-state index in [-0.39, 0.29) is 11.8 Å². The largest absolute Gasteiger partial charge is 0.480 e. The Morgan fingerprint density at radius 1 is 1.35 bits per heavy atom. The van der Waals surface area contributed by atoms with Gasteiger partial charge in [0.15, 0.2) is 0 Å². The first-order chi connectivity index (χ1) is 9.42. The van der Waals surface area contributed by atoms with E-state index in [2.05, 4.69) is 0 Å². The van der Waals surface area contributed by atoms with Crippen molar-refractivity contribution in [2.75, 3.05) is 6.54 Å². The van der Waals surface area contributed by atoms with Crippen molar-refractivity contribution in [3.8, 4) is 6.07 Å². The molecule has 0 saturated heterocycles. The van der Waals surface area contributed by atoms with Crippen LogP contribution in [0.15, 0.2) is 24.3 Å². The van der Waals surface area contributed by atoms with Gasteiger partial charge in [0, 0.05) is 6.04 Å². The van der Waals surface area contributed by atoms with E-state index in [0.29, 0.717) is 24.0 Å². The molecule has 1 aliphatic rings. The van der Waals surface area contributed by atoms with Crippen LogP contribution in [-0.2, 0) is 20.6 Å². The molecule has 6 nitrogen and oxygen atoms in total. The van der Waals surface area contributed by atoms with E-state index in [4.69, 9.17) is 10.4 Å². The van der Waals surface area contributed by atoms with Gasteiger partial charge < -0.3 is 5.11 Å². The summed E-state index contributed by atoms with van der Waals surface area (Å²) in [4.78, 5) is 10.8. The lowest BCUT2D eigenvalue weighted by Gasteiger charge is -2.19. The van der Waals surface area contributed by atoms with Crippen LogP contribution in [0.3, 0.4) is 0 Å². The number of sulfonamides is 1. The third kappa shape index (κ3) is 3.56. The summed E-state index contributed by atoms with van der Waals surface area (Å²) in [6.45, 7) is -0.497. The first-order valence-electron chi connectivity index (χ1n) is 6.13. The smallest absolute Gasteiger partial charge is 0.318 e. The second-order valence-electron chi connectivity index (χ2n) is 4.74. The minimum atomic E-state index is -3.66. The Labute approximate surface area is 117 Å². The molecule has 106 valence electrons. The van der Waals surface area contributed by atoms with Crippen molar-refractivity contribution in [2.45, 2.75) is 24.6 Å². The van der Waals surface area contributed by atoms with E-state index in [1.165, 1.54) is 0 Å². The zero-order valence-corrected chi connectivity index (χ0v) is 11.5. The molecule has 0 bridgehead atoms. The van der Waals surface area contributed by atoms with Crippen LogP contribution in [-0.4, -0.2) is 36.4 Å². The van der Waals surface area contributed by atoms with Crippen LogP contribution >= 0.6 is 0 Å². The van der Waals surface area contributed by atoms with Crippen LogP contribution < -0.4 is 0 Å². The van der Waals surface area contributed by atoms with Gasteiger partial charge in [-0.15, -0.1) is 0 Å². The molecule has 0 radical (unpaired) electrons. The number of carboxylic acid groups (broad SMARTS) is 1. The number of nitrogens with zero attached hydrogens (tertiary/aromatic N) is 2. The van der Waals surface area contributed by atoms with Crippen molar-refractivity contribution >= 4 is 16.0 Å². The molecular weight excluding hydrogens is 280 g/mol. The highest BCUT2D eigenvalue weighted by atomic mass is 32.2. The first kappa shape index (κ1) is 14.5. The molecule has 7 heteroatoms. The van der Waals surface area contributed by atoms with Gasteiger partial charge in [-0.05, 0) is 30.5 Å². The Morgan fingerprint density at radius 3 is 2.40 bits per heavy atom. The number of carboxylic acids is 1. The maximum absolute atomic E-state index is 12.3. The molecule has 1 aliphatic carbocycles. The monoisotopic (exact) mass is 294 g/mol. The maximum atomic E-state index is 12.3. The summed E-state index contributed by atoms with van der Waals surface area (Å²) in [5.74, 6) is -1.40. The standard InChI is InChI=1S/C13H14N2O4S/c14-7-10-1-3-11(4-2-10)9-20(18,19)15(8-13(16)17)12-5-6-12/h1-4,12H,5-6,8-9H2,(H,16,17). The van der Waals surface area contributed by atoms with Crippen LogP contribution in [0.2, 0.25) is 0 Å². The van der Waals surface area contributed by atoms with Gasteiger partial charge in [0.25, 0.3) is 0 Å². The third-order valence-electron chi connectivity index (χ3n) is 3.03. The van der Waals surface area contributed by atoms with Gasteiger partial charge in [0.2, 0.25) is 10.0 Å². The zero-order chi connectivity index (χ0) is 14.8. The van der Waals surface area contributed by atoms with E-state index in [9.17, 15) is 13.2 Å². The maximum Gasteiger partial charge on any atom is 0.318 e. The van der Waals surface area contributed by atoms with Crippen molar-refractivity contribution in [1.82, 2.24) is 4.31 Å². The summed E-state index contributed by atoms with van der Waals surface area (Å²) < 4.78 is 25.6. The van der Waals surface area contributed by atoms with Crippen LogP contribution in [0.25, 0.3) is 0 Å². The molecule has 0 amide bonds. The molecule has 0 spiro atoms. The molecule has 2 rings (SSSR count). The van der Waals surface area contributed by atoms with Crippen molar-refractivity contribution in [1.29, 1.82) is 5.26 Å². The van der Waals surface area contributed by atoms with Crippen molar-refractivity contribution in [3.05, 3.63) is 35.4 Å². The third-order valence-corrected chi connectivity index (χ3v) is 4.87. The van der Waals surface area contributed by atoms with Crippen molar-refractivity contribution in [2.24, 2.45) is 0 Å². The highest BCUT2D eigenvalue weighted by molar-refractivity contribution is 7.88. The molecule has 0 heterocycles. The van der Waals surface area contributed by atoms with Gasteiger partial charge in [-0.25, -0.2) is 8.42 Å². The van der Waals surface area contributed by atoms with Crippen LogP contribution in [0, 0.1) is 11.3 Å². The molecular formula is C13H14N2O4S. The fraction of sp³-hybridized carbons (Fsp3) is 0.385. The second kappa shape index (κ2) is 5.61. The Hall–Kier alpha value is -1.91. The van der Waals surface area contributed by atoms with Gasteiger partial charge in [-0.2, -0.15) is 9.57 Å². The molecule has 1 aromatic carbocycles. The normalized spacial score (nSPS) is 15.0. The van der Waals surface area contributed by atoms with Crippen LogP contribution in [0.1, 0.15) is 24.0 Å². The minimum Gasteiger partial charge on any atom is -0.480 e.